The first kappa shape index (κ1) is 16.4. The van der Waals surface area contributed by atoms with E-state index in [0.717, 1.165) is 27.2 Å². The van der Waals surface area contributed by atoms with Gasteiger partial charge in [-0.2, -0.15) is 5.10 Å². The van der Waals surface area contributed by atoms with Gasteiger partial charge in [-0.05, 0) is 67.0 Å². The highest BCUT2D eigenvalue weighted by Gasteiger charge is 2.11. The van der Waals surface area contributed by atoms with Crippen LogP contribution in [0.3, 0.4) is 0 Å². The molecule has 2 aromatic heterocycles. The Labute approximate surface area is 148 Å². The molecule has 3 aromatic rings. The molecule has 3 rings (SSSR count). The Kier molecular flexibility index (Phi) is 4.49. The average Bonchev–Trinajstić information content (AvgIpc) is 2.89. The molecule has 0 bridgehead atoms. The molecule has 0 saturated heterocycles. The maximum atomic E-state index is 12.4. The fourth-order valence-electron chi connectivity index (χ4n) is 2.46. The summed E-state index contributed by atoms with van der Waals surface area (Å²) in [7, 11) is 0. The van der Waals surface area contributed by atoms with Crippen molar-refractivity contribution in [2.75, 3.05) is 5.32 Å². The van der Waals surface area contributed by atoms with Crippen LogP contribution in [0.5, 0.6) is 0 Å². The Bertz CT molecular complexity index is 900. The van der Waals surface area contributed by atoms with Crippen LogP contribution in [0.25, 0.3) is 5.82 Å². The van der Waals surface area contributed by atoms with Crippen LogP contribution in [0, 0.1) is 20.8 Å². The largest absolute Gasteiger partial charge is 0.321 e. The molecule has 1 N–H and O–H groups in total. The van der Waals surface area contributed by atoms with Gasteiger partial charge in [-0.15, -0.1) is 0 Å². The van der Waals surface area contributed by atoms with Gasteiger partial charge in [-0.3, -0.25) is 4.79 Å². The summed E-state index contributed by atoms with van der Waals surface area (Å²) < 4.78 is 2.54. The van der Waals surface area contributed by atoms with Gasteiger partial charge < -0.3 is 5.32 Å². The molecule has 0 spiro atoms. The summed E-state index contributed by atoms with van der Waals surface area (Å²) >= 11 is 3.41. The van der Waals surface area contributed by atoms with Gasteiger partial charge in [0.15, 0.2) is 5.82 Å². The molecule has 0 aliphatic carbocycles. The van der Waals surface area contributed by atoms with Crippen LogP contribution in [-0.4, -0.2) is 20.7 Å². The number of amides is 1. The zero-order valence-corrected chi connectivity index (χ0v) is 15.3. The first-order chi connectivity index (χ1) is 11.4. The Balaban J connectivity index is 1.80. The molecule has 24 heavy (non-hydrogen) atoms. The van der Waals surface area contributed by atoms with Crippen LogP contribution in [0.4, 0.5) is 5.69 Å². The Morgan fingerprint density at radius 3 is 2.54 bits per heavy atom. The van der Waals surface area contributed by atoms with Gasteiger partial charge in [0, 0.05) is 10.2 Å². The number of halogens is 1. The second-order valence-corrected chi connectivity index (χ2v) is 6.54. The highest BCUT2D eigenvalue weighted by molar-refractivity contribution is 9.10. The smallest absolute Gasteiger partial charge is 0.256 e. The van der Waals surface area contributed by atoms with Crippen molar-refractivity contribution in [1.82, 2.24) is 14.8 Å². The Morgan fingerprint density at radius 1 is 1.12 bits per heavy atom. The van der Waals surface area contributed by atoms with E-state index in [1.807, 2.05) is 57.2 Å². The maximum absolute atomic E-state index is 12.4. The van der Waals surface area contributed by atoms with Gasteiger partial charge in [0.2, 0.25) is 0 Å². The summed E-state index contributed by atoms with van der Waals surface area (Å²) in [5.41, 5.74) is 4.22. The van der Waals surface area contributed by atoms with Crippen molar-refractivity contribution < 1.29 is 4.79 Å². The molecule has 0 aliphatic rings. The molecule has 0 unspecified atom stereocenters. The summed E-state index contributed by atoms with van der Waals surface area (Å²) in [5.74, 6) is 0.543. The van der Waals surface area contributed by atoms with Gasteiger partial charge in [0.05, 0.1) is 23.1 Å². The van der Waals surface area contributed by atoms with E-state index in [2.05, 4.69) is 31.3 Å². The van der Waals surface area contributed by atoms with Gasteiger partial charge in [0.1, 0.15) is 0 Å². The van der Waals surface area contributed by atoms with Gasteiger partial charge >= 0.3 is 0 Å². The number of hydrogen-bond donors (Lipinski definition) is 1. The van der Waals surface area contributed by atoms with E-state index >= 15 is 0 Å². The minimum Gasteiger partial charge on any atom is -0.321 e. The summed E-state index contributed by atoms with van der Waals surface area (Å²) in [6.07, 6.45) is 1.63. The SMILES string of the molecule is Cc1ccc(Br)c(C(=O)Nc2ccc(-n3nc(C)cc3C)nc2)c1. The molecule has 0 atom stereocenters. The van der Waals surface area contributed by atoms with Crippen molar-refractivity contribution in [2.24, 2.45) is 0 Å². The van der Waals surface area contributed by atoms with Crippen LogP contribution < -0.4 is 5.32 Å². The molecule has 6 heteroatoms. The van der Waals surface area contributed by atoms with E-state index < -0.39 is 0 Å². The lowest BCUT2D eigenvalue weighted by molar-refractivity contribution is 0.102. The molecule has 0 fully saturated rings. The second kappa shape index (κ2) is 6.57. The van der Waals surface area contributed by atoms with Crippen molar-refractivity contribution in [2.45, 2.75) is 20.8 Å². The van der Waals surface area contributed by atoms with E-state index in [1.165, 1.54) is 0 Å². The summed E-state index contributed by atoms with van der Waals surface area (Å²) in [4.78, 5) is 16.8. The molecule has 5 nitrogen and oxygen atoms in total. The zero-order valence-electron chi connectivity index (χ0n) is 13.7. The summed E-state index contributed by atoms with van der Waals surface area (Å²) in [6.45, 7) is 5.87. The van der Waals surface area contributed by atoms with Crippen LogP contribution in [-0.2, 0) is 0 Å². The maximum Gasteiger partial charge on any atom is 0.256 e. The predicted molar refractivity (Wildman–Crippen MR) is 97.7 cm³/mol. The van der Waals surface area contributed by atoms with Crippen LogP contribution in [0.15, 0.2) is 47.1 Å². The molecule has 1 aromatic carbocycles. The third-order valence-corrected chi connectivity index (χ3v) is 4.29. The summed E-state index contributed by atoms with van der Waals surface area (Å²) in [6, 6.07) is 11.3. The molecular formula is C18H17BrN4O. The van der Waals surface area contributed by atoms with Crippen LogP contribution >= 0.6 is 15.9 Å². The van der Waals surface area contributed by atoms with Crippen molar-refractivity contribution in [3.05, 3.63) is 69.6 Å². The van der Waals surface area contributed by atoms with Crippen molar-refractivity contribution in [3.63, 3.8) is 0 Å². The minimum atomic E-state index is -0.175. The van der Waals surface area contributed by atoms with E-state index in [-0.39, 0.29) is 5.91 Å². The third kappa shape index (κ3) is 3.38. The van der Waals surface area contributed by atoms with E-state index in [9.17, 15) is 4.79 Å². The van der Waals surface area contributed by atoms with E-state index in [4.69, 9.17) is 0 Å². The molecule has 0 aliphatic heterocycles. The quantitative estimate of drug-likeness (QED) is 0.735. The number of aryl methyl sites for hydroxylation is 3. The van der Waals surface area contributed by atoms with E-state index in [0.29, 0.717) is 11.3 Å². The number of aromatic nitrogens is 3. The van der Waals surface area contributed by atoms with E-state index in [1.54, 1.807) is 10.9 Å². The molecular weight excluding hydrogens is 368 g/mol. The number of pyridine rings is 1. The van der Waals surface area contributed by atoms with Gasteiger partial charge in [-0.1, -0.05) is 11.6 Å². The normalized spacial score (nSPS) is 10.7. The lowest BCUT2D eigenvalue weighted by Crippen LogP contribution is -2.13. The monoisotopic (exact) mass is 384 g/mol. The number of nitrogens with one attached hydrogen (secondary N) is 1. The highest BCUT2D eigenvalue weighted by Crippen LogP contribution is 2.20. The molecule has 1 amide bonds. The number of hydrogen-bond acceptors (Lipinski definition) is 3. The minimum absolute atomic E-state index is 0.175. The lowest BCUT2D eigenvalue weighted by atomic mass is 10.1. The average molecular weight is 385 g/mol. The number of anilines is 1. The molecule has 122 valence electrons. The van der Waals surface area contributed by atoms with Gasteiger partial charge in [0.25, 0.3) is 5.91 Å². The van der Waals surface area contributed by atoms with Crippen LogP contribution in [0.1, 0.15) is 27.3 Å². The fraction of sp³-hybridized carbons (Fsp3) is 0.167. The first-order valence-electron chi connectivity index (χ1n) is 7.51. The molecule has 0 radical (unpaired) electrons. The number of carbonyl (C=O) groups is 1. The molecule has 0 saturated carbocycles. The molecule has 2 heterocycles. The van der Waals surface area contributed by atoms with Crippen molar-refractivity contribution in [1.29, 1.82) is 0 Å². The first-order valence-corrected chi connectivity index (χ1v) is 8.30. The topological polar surface area (TPSA) is 59.8 Å². The number of benzene rings is 1. The lowest BCUT2D eigenvalue weighted by Gasteiger charge is -2.09. The van der Waals surface area contributed by atoms with Gasteiger partial charge in [-0.25, -0.2) is 9.67 Å². The predicted octanol–water partition coefficient (Wildman–Crippen LogP) is 4.21. The number of nitrogens with zero attached hydrogens (tertiary/aromatic N) is 3. The van der Waals surface area contributed by atoms with Crippen molar-refractivity contribution in [3.8, 4) is 5.82 Å². The Hall–Kier alpha value is -2.47. The Morgan fingerprint density at radius 2 is 1.92 bits per heavy atom. The fourth-order valence-corrected chi connectivity index (χ4v) is 2.88. The zero-order chi connectivity index (χ0) is 17.3. The second-order valence-electron chi connectivity index (χ2n) is 5.68. The highest BCUT2D eigenvalue weighted by atomic mass is 79.9. The van der Waals surface area contributed by atoms with Crippen LogP contribution in [0.2, 0.25) is 0 Å². The van der Waals surface area contributed by atoms with Crippen molar-refractivity contribution >= 4 is 27.5 Å². The number of carbonyl (C=O) groups excluding carboxylic acids is 1. The standard InChI is InChI=1S/C18H17BrN4O/c1-11-4-6-16(19)15(8-11)18(24)21-14-5-7-17(20-10-14)23-13(3)9-12(2)22-23/h4-10H,1-3H3,(H,21,24). The summed E-state index contributed by atoms with van der Waals surface area (Å²) in [5, 5.41) is 7.26. The number of rotatable bonds is 3. The third-order valence-electron chi connectivity index (χ3n) is 3.60.